The maximum absolute atomic E-state index is 12.9. The molecule has 142 valence electrons. The third-order valence-corrected chi connectivity index (χ3v) is 5.67. The zero-order chi connectivity index (χ0) is 19.7. The van der Waals surface area contributed by atoms with Crippen LogP contribution in [0.4, 0.5) is 0 Å². The number of aryl methyl sites for hydroxylation is 1. The number of rotatable bonds is 5. The Labute approximate surface area is 167 Å². The monoisotopic (exact) mass is 391 g/mol. The highest BCUT2D eigenvalue weighted by molar-refractivity contribution is 7.13. The summed E-state index contributed by atoms with van der Waals surface area (Å²) < 4.78 is 1.92. The number of nitrogens with one attached hydrogen (secondary N) is 1. The van der Waals surface area contributed by atoms with Gasteiger partial charge in [0.2, 0.25) is 0 Å². The Hall–Kier alpha value is -3.19. The number of aromatic nitrogens is 4. The molecule has 4 rings (SSSR count). The SMILES string of the molecule is Cc1nn(-c2ccccc2)c(C)c1CN(C)C(=O)c1cc(-c2cccs2)[nH]n1. The molecule has 0 radical (unpaired) electrons. The third-order valence-electron chi connectivity index (χ3n) is 4.77. The van der Waals surface area contributed by atoms with Gasteiger partial charge in [-0.2, -0.15) is 10.2 Å². The average molecular weight is 392 g/mol. The van der Waals surface area contributed by atoms with Crippen molar-refractivity contribution in [2.24, 2.45) is 0 Å². The zero-order valence-electron chi connectivity index (χ0n) is 16.0. The molecule has 0 aliphatic heterocycles. The predicted octanol–water partition coefficient (Wildman–Crippen LogP) is 4.21. The molecule has 7 heteroatoms. The fourth-order valence-electron chi connectivity index (χ4n) is 3.22. The van der Waals surface area contributed by atoms with E-state index < -0.39 is 0 Å². The highest BCUT2D eigenvalue weighted by atomic mass is 32.1. The first-order chi connectivity index (χ1) is 13.5. The summed E-state index contributed by atoms with van der Waals surface area (Å²) in [5, 5.41) is 13.8. The van der Waals surface area contributed by atoms with Crippen molar-refractivity contribution >= 4 is 17.2 Å². The molecule has 0 atom stereocenters. The van der Waals surface area contributed by atoms with E-state index in [1.165, 1.54) is 0 Å². The van der Waals surface area contributed by atoms with Crippen molar-refractivity contribution in [3.05, 3.63) is 76.6 Å². The van der Waals surface area contributed by atoms with Gasteiger partial charge in [-0.05, 0) is 43.5 Å². The molecular formula is C21H21N5OS. The Morgan fingerprint density at radius 2 is 1.96 bits per heavy atom. The molecule has 1 amide bonds. The van der Waals surface area contributed by atoms with Crippen LogP contribution in [0, 0.1) is 13.8 Å². The largest absolute Gasteiger partial charge is 0.336 e. The Morgan fingerprint density at radius 1 is 1.18 bits per heavy atom. The van der Waals surface area contributed by atoms with Crippen LogP contribution >= 0.6 is 11.3 Å². The van der Waals surface area contributed by atoms with Crippen molar-refractivity contribution < 1.29 is 4.79 Å². The van der Waals surface area contributed by atoms with Crippen LogP contribution in [0.2, 0.25) is 0 Å². The van der Waals surface area contributed by atoms with Crippen LogP contribution in [-0.4, -0.2) is 37.8 Å². The minimum atomic E-state index is -0.120. The molecule has 0 bridgehead atoms. The van der Waals surface area contributed by atoms with Gasteiger partial charge < -0.3 is 4.90 Å². The number of aromatic amines is 1. The number of carbonyl (C=O) groups excluding carboxylic acids is 1. The smallest absolute Gasteiger partial charge is 0.274 e. The van der Waals surface area contributed by atoms with Crippen LogP contribution in [0.15, 0.2) is 53.9 Å². The first-order valence-corrected chi connectivity index (χ1v) is 9.88. The number of H-pyrrole nitrogens is 1. The lowest BCUT2D eigenvalue weighted by Crippen LogP contribution is -2.27. The van der Waals surface area contributed by atoms with Gasteiger partial charge in [-0.1, -0.05) is 24.3 Å². The maximum Gasteiger partial charge on any atom is 0.274 e. The molecule has 6 nitrogen and oxygen atoms in total. The van der Waals surface area contributed by atoms with E-state index in [1.807, 2.05) is 66.4 Å². The van der Waals surface area contributed by atoms with Crippen molar-refractivity contribution in [1.82, 2.24) is 24.9 Å². The van der Waals surface area contributed by atoms with Crippen LogP contribution < -0.4 is 0 Å². The molecule has 0 saturated heterocycles. The topological polar surface area (TPSA) is 66.8 Å². The minimum absolute atomic E-state index is 0.120. The highest BCUT2D eigenvalue weighted by Gasteiger charge is 2.20. The lowest BCUT2D eigenvalue weighted by atomic mass is 10.1. The third kappa shape index (κ3) is 3.36. The van der Waals surface area contributed by atoms with Crippen LogP contribution in [0.3, 0.4) is 0 Å². The lowest BCUT2D eigenvalue weighted by molar-refractivity contribution is 0.0779. The van der Waals surface area contributed by atoms with E-state index in [1.54, 1.807) is 29.4 Å². The second kappa shape index (κ2) is 7.44. The molecule has 1 aromatic carbocycles. The normalized spacial score (nSPS) is 11.0. The molecule has 0 aliphatic rings. The maximum atomic E-state index is 12.9. The molecule has 0 unspecified atom stereocenters. The lowest BCUT2D eigenvalue weighted by Gasteiger charge is -2.16. The average Bonchev–Trinajstić information content (AvgIpc) is 3.45. The summed E-state index contributed by atoms with van der Waals surface area (Å²) in [6.07, 6.45) is 0. The van der Waals surface area contributed by atoms with Crippen molar-refractivity contribution in [3.8, 4) is 16.3 Å². The molecule has 0 saturated carbocycles. The molecule has 3 aromatic heterocycles. The van der Waals surface area contributed by atoms with Crippen LogP contribution in [-0.2, 0) is 6.54 Å². The summed E-state index contributed by atoms with van der Waals surface area (Å²) in [6, 6.07) is 15.8. The highest BCUT2D eigenvalue weighted by Crippen LogP contribution is 2.24. The Morgan fingerprint density at radius 3 is 2.68 bits per heavy atom. The second-order valence-corrected chi connectivity index (χ2v) is 7.65. The molecule has 0 fully saturated rings. The summed E-state index contributed by atoms with van der Waals surface area (Å²) in [5.41, 5.74) is 5.28. The standard InChI is InChI=1S/C21H21N5OS/c1-14-17(15(2)26(24-14)16-8-5-4-6-9-16)13-25(3)21(27)19-12-18(22-23-19)20-10-7-11-28-20/h4-12H,13H2,1-3H3,(H,22,23). The summed E-state index contributed by atoms with van der Waals surface area (Å²) in [7, 11) is 1.79. The van der Waals surface area contributed by atoms with Crippen molar-refractivity contribution in [1.29, 1.82) is 0 Å². The first kappa shape index (κ1) is 18.2. The fraction of sp³-hybridized carbons (Fsp3) is 0.190. The Balaban J connectivity index is 1.55. The van der Waals surface area contributed by atoms with E-state index in [0.29, 0.717) is 12.2 Å². The van der Waals surface area contributed by atoms with E-state index in [0.717, 1.165) is 33.2 Å². The van der Waals surface area contributed by atoms with E-state index in [9.17, 15) is 4.79 Å². The van der Waals surface area contributed by atoms with E-state index in [4.69, 9.17) is 0 Å². The Bertz CT molecular complexity index is 1100. The second-order valence-electron chi connectivity index (χ2n) is 6.70. The van der Waals surface area contributed by atoms with Gasteiger partial charge in [-0.15, -0.1) is 11.3 Å². The molecule has 0 spiro atoms. The zero-order valence-corrected chi connectivity index (χ0v) is 16.8. The van der Waals surface area contributed by atoms with Gasteiger partial charge in [0.15, 0.2) is 5.69 Å². The van der Waals surface area contributed by atoms with Crippen molar-refractivity contribution in [2.75, 3.05) is 7.05 Å². The van der Waals surface area contributed by atoms with Crippen LogP contribution in [0.1, 0.15) is 27.4 Å². The van der Waals surface area contributed by atoms with Crippen LogP contribution in [0.5, 0.6) is 0 Å². The summed E-state index contributed by atoms with van der Waals surface area (Å²) in [4.78, 5) is 15.6. The van der Waals surface area contributed by atoms with E-state index >= 15 is 0 Å². The molecule has 28 heavy (non-hydrogen) atoms. The number of thiophene rings is 1. The first-order valence-electron chi connectivity index (χ1n) is 9.00. The number of nitrogens with zero attached hydrogens (tertiary/aromatic N) is 4. The summed E-state index contributed by atoms with van der Waals surface area (Å²) in [5.74, 6) is -0.120. The van der Waals surface area contributed by atoms with Crippen LogP contribution in [0.25, 0.3) is 16.3 Å². The summed E-state index contributed by atoms with van der Waals surface area (Å²) >= 11 is 1.61. The van der Waals surface area contributed by atoms with Gasteiger partial charge in [0, 0.05) is 24.8 Å². The predicted molar refractivity (Wildman–Crippen MR) is 111 cm³/mol. The molecular weight excluding hydrogens is 370 g/mol. The molecule has 1 N–H and O–H groups in total. The number of hydrogen-bond donors (Lipinski definition) is 1. The fourth-order valence-corrected chi connectivity index (χ4v) is 3.91. The number of para-hydroxylation sites is 1. The number of amides is 1. The summed E-state index contributed by atoms with van der Waals surface area (Å²) in [6.45, 7) is 4.48. The molecule has 0 aliphatic carbocycles. The number of benzene rings is 1. The quantitative estimate of drug-likeness (QED) is 0.554. The van der Waals surface area contributed by atoms with E-state index in [-0.39, 0.29) is 5.91 Å². The molecule has 4 aromatic rings. The van der Waals surface area contributed by atoms with E-state index in [2.05, 4.69) is 15.3 Å². The van der Waals surface area contributed by atoms with Gasteiger partial charge in [0.25, 0.3) is 5.91 Å². The Kier molecular flexibility index (Phi) is 4.83. The van der Waals surface area contributed by atoms with Gasteiger partial charge in [0.1, 0.15) is 0 Å². The van der Waals surface area contributed by atoms with Gasteiger partial charge in [0.05, 0.1) is 22.0 Å². The van der Waals surface area contributed by atoms with Crippen molar-refractivity contribution in [3.63, 3.8) is 0 Å². The number of hydrogen-bond acceptors (Lipinski definition) is 4. The van der Waals surface area contributed by atoms with Gasteiger partial charge >= 0.3 is 0 Å². The minimum Gasteiger partial charge on any atom is -0.336 e. The van der Waals surface area contributed by atoms with Gasteiger partial charge in [-0.25, -0.2) is 4.68 Å². The van der Waals surface area contributed by atoms with Crippen molar-refractivity contribution in [2.45, 2.75) is 20.4 Å². The van der Waals surface area contributed by atoms with Gasteiger partial charge in [-0.3, -0.25) is 9.89 Å². The number of carbonyl (C=O) groups is 1. The molecule has 3 heterocycles.